The number of rotatable bonds is 3. The van der Waals surface area contributed by atoms with Crippen LogP contribution >= 0.6 is 0 Å². The third-order valence-electron chi connectivity index (χ3n) is 2.08. The summed E-state index contributed by atoms with van der Waals surface area (Å²) in [6.07, 6.45) is 0. The lowest BCUT2D eigenvalue weighted by atomic mass is 10.3. The van der Waals surface area contributed by atoms with Gasteiger partial charge in [0.25, 0.3) is 0 Å². The van der Waals surface area contributed by atoms with Crippen LogP contribution in [0.25, 0.3) is 0 Å². The molecular formula is C12H9FO3S. The van der Waals surface area contributed by atoms with Crippen LogP contribution in [0.15, 0.2) is 53.4 Å². The number of benzene rings is 2. The Morgan fingerprint density at radius 2 is 1.71 bits per heavy atom. The molecule has 0 aliphatic heterocycles. The van der Waals surface area contributed by atoms with Gasteiger partial charge in [-0.25, -0.2) is 8.60 Å². The summed E-state index contributed by atoms with van der Waals surface area (Å²) < 4.78 is 38.2. The van der Waals surface area contributed by atoms with Crippen molar-refractivity contribution in [1.82, 2.24) is 0 Å². The van der Waals surface area contributed by atoms with Gasteiger partial charge in [-0.05, 0) is 36.4 Å². The number of para-hydroxylation sites is 1. The van der Waals surface area contributed by atoms with E-state index in [4.69, 9.17) is 9.29 Å². The SMILES string of the molecule is O=S(O)c1ccccc1Oc1ccc(F)cc1. The summed E-state index contributed by atoms with van der Waals surface area (Å²) in [4.78, 5) is 0.178. The summed E-state index contributed by atoms with van der Waals surface area (Å²) in [5.41, 5.74) is 0. The Kier molecular flexibility index (Phi) is 3.51. The fraction of sp³-hybridized carbons (Fsp3) is 0. The Morgan fingerprint density at radius 1 is 1.06 bits per heavy atom. The Morgan fingerprint density at radius 3 is 2.35 bits per heavy atom. The van der Waals surface area contributed by atoms with Gasteiger partial charge in [0.2, 0.25) is 0 Å². The fourth-order valence-corrected chi connectivity index (χ4v) is 1.79. The predicted molar refractivity (Wildman–Crippen MR) is 62.0 cm³/mol. The number of hydrogen-bond acceptors (Lipinski definition) is 2. The Hall–Kier alpha value is -1.72. The van der Waals surface area contributed by atoms with E-state index in [1.807, 2.05) is 0 Å². The molecule has 0 amide bonds. The van der Waals surface area contributed by atoms with Gasteiger partial charge in [0.15, 0.2) is 11.1 Å². The second kappa shape index (κ2) is 5.07. The molecule has 2 rings (SSSR count). The maximum absolute atomic E-state index is 12.7. The van der Waals surface area contributed by atoms with Crippen LogP contribution in [0.3, 0.4) is 0 Å². The molecule has 1 unspecified atom stereocenters. The molecule has 0 radical (unpaired) electrons. The van der Waals surface area contributed by atoms with Gasteiger partial charge in [-0.3, -0.25) is 0 Å². The molecule has 0 aliphatic carbocycles. The minimum Gasteiger partial charge on any atom is -0.456 e. The van der Waals surface area contributed by atoms with E-state index in [0.29, 0.717) is 5.75 Å². The van der Waals surface area contributed by atoms with Crippen molar-refractivity contribution < 1.29 is 17.9 Å². The molecule has 0 aliphatic rings. The molecular weight excluding hydrogens is 243 g/mol. The molecule has 3 nitrogen and oxygen atoms in total. The fourth-order valence-electron chi connectivity index (χ4n) is 1.31. The second-order valence-electron chi connectivity index (χ2n) is 3.25. The summed E-state index contributed by atoms with van der Waals surface area (Å²) in [6, 6.07) is 11.8. The summed E-state index contributed by atoms with van der Waals surface area (Å²) in [7, 11) is 0. The third-order valence-corrected chi connectivity index (χ3v) is 2.79. The summed E-state index contributed by atoms with van der Waals surface area (Å²) in [5.74, 6) is 0.320. The lowest BCUT2D eigenvalue weighted by Crippen LogP contribution is -1.93. The number of halogens is 1. The normalized spacial score (nSPS) is 12.1. The van der Waals surface area contributed by atoms with E-state index in [-0.39, 0.29) is 16.5 Å². The molecule has 0 fully saturated rings. The monoisotopic (exact) mass is 252 g/mol. The van der Waals surface area contributed by atoms with Crippen LogP contribution in [0, 0.1) is 5.82 Å². The maximum Gasteiger partial charge on any atom is 0.190 e. The first-order valence-electron chi connectivity index (χ1n) is 4.80. The zero-order valence-electron chi connectivity index (χ0n) is 8.67. The zero-order valence-corrected chi connectivity index (χ0v) is 9.49. The van der Waals surface area contributed by atoms with E-state index >= 15 is 0 Å². The smallest absolute Gasteiger partial charge is 0.190 e. The molecule has 2 aromatic rings. The van der Waals surface area contributed by atoms with Crippen molar-refractivity contribution in [2.24, 2.45) is 0 Å². The van der Waals surface area contributed by atoms with Crippen molar-refractivity contribution in [1.29, 1.82) is 0 Å². The van der Waals surface area contributed by atoms with E-state index in [0.717, 1.165) is 0 Å². The van der Waals surface area contributed by atoms with E-state index < -0.39 is 11.1 Å². The first-order chi connectivity index (χ1) is 8.16. The van der Waals surface area contributed by atoms with Gasteiger partial charge >= 0.3 is 0 Å². The maximum atomic E-state index is 12.7. The van der Waals surface area contributed by atoms with Gasteiger partial charge in [0.1, 0.15) is 22.2 Å². The van der Waals surface area contributed by atoms with Crippen LogP contribution in [0.2, 0.25) is 0 Å². The lowest BCUT2D eigenvalue weighted by Gasteiger charge is -2.08. The average molecular weight is 252 g/mol. The van der Waals surface area contributed by atoms with Crippen molar-refractivity contribution in [2.45, 2.75) is 4.90 Å². The van der Waals surface area contributed by atoms with Crippen LogP contribution < -0.4 is 4.74 Å². The van der Waals surface area contributed by atoms with E-state index in [1.165, 1.54) is 30.3 Å². The highest BCUT2D eigenvalue weighted by atomic mass is 32.2. The third kappa shape index (κ3) is 2.89. The van der Waals surface area contributed by atoms with Crippen LogP contribution in [0.5, 0.6) is 11.5 Å². The first-order valence-corrected chi connectivity index (χ1v) is 5.91. The Balaban J connectivity index is 2.30. The minimum atomic E-state index is -2.12. The van der Waals surface area contributed by atoms with E-state index in [9.17, 15) is 8.60 Å². The van der Waals surface area contributed by atoms with Crippen molar-refractivity contribution in [2.75, 3.05) is 0 Å². The molecule has 88 valence electrons. The molecule has 2 aromatic carbocycles. The largest absolute Gasteiger partial charge is 0.456 e. The van der Waals surface area contributed by atoms with Crippen LogP contribution in [0.4, 0.5) is 4.39 Å². The number of ether oxygens (including phenoxy) is 1. The second-order valence-corrected chi connectivity index (χ2v) is 4.19. The molecule has 0 spiro atoms. The molecule has 0 saturated heterocycles. The first kappa shape index (κ1) is 11.8. The molecule has 0 heterocycles. The highest BCUT2D eigenvalue weighted by Gasteiger charge is 2.08. The van der Waals surface area contributed by atoms with Crippen molar-refractivity contribution in [3.63, 3.8) is 0 Å². The molecule has 0 aromatic heterocycles. The van der Waals surface area contributed by atoms with Gasteiger partial charge in [-0.1, -0.05) is 12.1 Å². The van der Waals surface area contributed by atoms with Crippen molar-refractivity contribution in [3.05, 3.63) is 54.3 Å². The standard InChI is InChI=1S/C12H9FO3S/c13-9-5-7-10(8-6-9)16-11-3-1-2-4-12(11)17(14)15/h1-8H,(H,14,15). The Labute approximate surface area is 100 Å². The van der Waals surface area contributed by atoms with Gasteiger partial charge in [0.05, 0.1) is 0 Å². The van der Waals surface area contributed by atoms with Gasteiger partial charge in [-0.15, -0.1) is 0 Å². The van der Waals surface area contributed by atoms with Crippen molar-refractivity contribution >= 4 is 11.1 Å². The number of hydrogen-bond donors (Lipinski definition) is 1. The zero-order chi connectivity index (χ0) is 12.3. The van der Waals surface area contributed by atoms with Crippen molar-refractivity contribution in [3.8, 4) is 11.5 Å². The molecule has 5 heteroatoms. The van der Waals surface area contributed by atoms with Crippen LogP contribution in [-0.2, 0) is 11.1 Å². The lowest BCUT2D eigenvalue weighted by molar-refractivity contribution is 0.464. The van der Waals surface area contributed by atoms with E-state index in [2.05, 4.69) is 0 Å². The van der Waals surface area contributed by atoms with Gasteiger partial charge in [0, 0.05) is 0 Å². The average Bonchev–Trinajstić information content (AvgIpc) is 2.32. The molecule has 1 atom stereocenters. The molecule has 17 heavy (non-hydrogen) atoms. The molecule has 0 bridgehead atoms. The quantitative estimate of drug-likeness (QED) is 0.853. The van der Waals surface area contributed by atoms with Crippen LogP contribution in [0.1, 0.15) is 0 Å². The summed E-state index contributed by atoms with van der Waals surface area (Å²) in [5, 5.41) is 0. The van der Waals surface area contributed by atoms with E-state index in [1.54, 1.807) is 18.2 Å². The molecule has 0 saturated carbocycles. The van der Waals surface area contributed by atoms with Gasteiger partial charge < -0.3 is 9.29 Å². The summed E-state index contributed by atoms with van der Waals surface area (Å²) >= 11 is -2.12. The molecule has 1 N–H and O–H groups in total. The highest BCUT2D eigenvalue weighted by molar-refractivity contribution is 7.79. The topological polar surface area (TPSA) is 46.5 Å². The minimum absolute atomic E-state index is 0.178. The van der Waals surface area contributed by atoms with Gasteiger partial charge in [-0.2, -0.15) is 0 Å². The predicted octanol–water partition coefficient (Wildman–Crippen LogP) is 3.20. The Bertz CT molecular complexity index is 540. The summed E-state index contributed by atoms with van der Waals surface area (Å²) in [6.45, 7) is 0. The van der Waals surface area contributed by atoms with Crippen LogP contribution in [-0.4, -0.2) is 8.76 Å². The highest BCUT2D eigenvalue weighted by Crippen LogP contribution is 2.27.